The van der Waals surface area contributed by atoms with Gasteiger partial charge in [-0.15, -0.1) is 0 Å². The number of benzene rings is 1. The standard InChI is InChI=1S/C20H27N3O/c1-2-11-23-13-10-21-20(23)16-22-12-6-9-18(15-22)19(24)14-17-7-4-3-5-8-17/h3-5,7-8,10,13,18H,2,6,9,11-12,14-16H2,1H3/t18-/m1/s1. The van der Waals surface area contributed by atoms with E-state index in [4.69, 9.17) is 0 Å². The van der Waals surface area contributed by atoms with Gasteiger partial charge in [-0.2, -0.15) is 0 Å². The molecule has 4 nitrogen and oxygen atoms in total. The highest BCUT2D eigenvalue weighted by Crippen LogP contribution is 2.20. The van der Waals surface area contributed by atoms with E-state index in [0.717, 1.165) is 56.8 Å². The quantitative estimate of drug-likeness (QED) is 0.784. The number of Topliss-reactive ketones (excluding diaryl/α,β-unsaturated/α-hetero) is 1. The molecule has 1 aliphatic rings. The number of rotatable bonds is 7. The van der Waals surface area contributed by atoms with Crippen molar-refractivity contribution in [2.24, 2.45) is 5.92 Å². The summed E-state index contributed by atoms with van der Waals surface area (Å²) in [7, 11) is 0. The lowest BCUT2D eigenvalue weighted by atomic mass is 9.90. The molecule has 2 heterocycles. The maximum absolute atomic E-state index is 12.6. The van der Waals surface area contributed by atoms with Crippen LogP contribution in [0.2, 0.25) is 0 Å². The minimum atomic E-state index is 0.161. The van der Waals surface area contributed by atoms with Crippen molar-refractivity contribution in [3.8, 4) is 0 Å². The van der Waals surface area contributed by atoms with Crippen LogP contribution in [0.25, 0.3) is 0 Å². The number of aryl methyl sites for hydroxylation is 1. The number of ketones is 1. The second-order valence-corrected chi connectivity index (χ2v) is 6.74. The van der Waals surface area contributed by atoms with Crippen molar-refractivity contribution in [3.63, 3.8) is 0 Å². The summed E-state index contributed by atoms with van der Waals surface area (Å²) in [5.74, 6) is 1.66. The molecule has 0 N–H and O–H groups in total. The number of nitrogens with zero attached hydrogens (tertiary/aromatic N) is 3. The summed E-state index contributed by atoms with van der Waals surface area (Å²) < 4.78 is 2.23. The second kappa shape index (κ2) is 8.25. The molecule has 1 atom stereocenters. The molecule has 0 spiro atoms. The lowest BCUT2D eigenvalue weighted by molar-refractivity contribution is -0.124. The molecule has 0 radical (unpaired) electrons. The summed E-state index contributed by atoms with van der Waals surface area (Å²) >= 11 is 0. The number of piperidine rings is 1. The van der Waals surface area contributed by atoms with Gasteiger partial charge in [-0.05, 0) is 31.4 Å². The highest BCUT2D eigenvalue weighted by molar-refractivity contribution is 5.83. The van der Waals surface area contributed by atoms with Gasteiger partial charge in [0.15, 0.2) is 0 Å². The SMILES string of the molecule is CCCn1ccnc1CN1CCC[C@@H](C(=O)Cc2ccccc2)C1. The first-order valence-electron chi connectivity index (χ1n) is 9.05. The fourth-order valence-electron chi connectivity index (χ4n) is 3.54. The van der Waals surface area contributed by atoms with Crippen LogP contribution in [0, 0.1) is 5.92 Å². The monoisotopic (exact) mass is 325 g/mol. The minimum absolute atomic E-state index is 0.161. The van der Waals surface area contributed by atoms with E-state index < -0.39 is 0 Å². The number of carbonyl (C=O) groups excluding carboxylic acids is 1. The van der Waals surface area contributed by atoms with Gasteiger partial charge in [0.2, 0.25) is 0 Å². The van der Waals surface area contributed by atoms with Gasteiger partial charge in [-0.1, -0.05) is 37.3 Å². The van der Waals surface area contributed by atoms with Crippen molar-refractivity contribution in [1.82, 2.24) is 14.5 Å². The van der Waals surface area contributed by atoms with Crippen molar-refractivity contribution in [2.75, 3.05) is 13.1 Å². The molecule has 1 saturated heterocycles. The first kappa shape index (κ1) is 16.9. The van der Waals surface area contributed by atoms with Crippen LogP contribution >= 0.6 is 0 Å². The molecule has 0 bridgehead atoms. The zero-order valence-electron chi connectivity index (χ0n) is 14.5. The number of hydrogen-bond acceptors (Lipinski definition) is 3. The number of hydrogen-bond donors (Lipinski definition) is 0. The Hall–Kier alpha value is -1.94. The smallest absolute Gasteiger partial charge is 0.141 e. The molecule has 1 aromatic carbocycles. The molecule has 0 saturated carbocycles. The van der Waals surface area contributed by atoms with E-state index >= 15 is 0 Å². The highest BCUT2D eigenvalue weighted by atomic mass is 16.1. The van der Waals surface area contributed by atoms with Crippen LogP contribution in [0.15, 0.2) is 42.7 Å². The minimum Gasteiger partial charge on any atom is -0.334 e. The van der Waals surface area contributed by atoms with Gasteiger partial charge >= 0.3 is 0 Å². The molecule has 24 heavy (non-hydrogen) atoms. The van der Waals surface area contributed by atoms with E-state index in [9.17, 15) is 4.79 Å². The summed E-state index contributed by atoms with van der Waals surface area (Å²) in [5, 5.41) is 0. The Kier molecular flexibility index (Phi) is 5.81. The summed E-state index contributed by atoms with van der Waals surface area (Å²) in [6.45, 7) is 5.98. The van der Waals surface area contributed by atoms with E-state index in [2.05, 4.69) is 27.6 Å². The Morgan fingerprint density at radius 3 is 2.92 bits per heavy atom. The maximum Gasteiger partial charge on any atom is 0.141 e. The van der Waals surface area contributed by atoms with Crippen molar-refractivity contribution >= 4 is 5.78 Å². The lowest BCUT2D eigenvalue weighted by Crippen LogP contribution is -2.39. The Labute approximate surface area is 144 Å². The Balaban J connectivity index is 1.57. The Morgan fingerprint density at radius 1 is 1.29 bits per heavy atom. The highest BCUT2D eigenvalue weighted by Gasteiger charge is 2.26. The fraction of sp³-hybridized carbons (Fsp3) is 0.500. The topological polar surface area (TPSA) is 38.1 Å². The van der Waals surface area contributed by atoms with Gasteiger partial charge in [-0.25, -0.2) is 4.98 Å². The number of likely N-dealkylation sites (tertiary alicyclic amines) is 1. The molecule has 1 aromatic heterocycles. The third kappa shape index (κ3) is 4.32. The van der Waals surface area contributed by atoms with E-state index in [1.165, 1.54) is 0 Å². The predicted molar refractivity (Wildman–Crippen MR) is 95.7 cm³/mol. The van der Waals surface area contributed by atoms with Crippen molar-refractivity contribution in [2.45, 2.75) is 45.7 Å². The predicted octanol–water partition coefficient (Wildman–Crippen LogP) is 3.32. The molecule has 2 aromatic rings. The average molecular weight is 325 g/mol. The number of carbonyl (C=O) groups is 1. The molecule has 0 aliphatic carbocycles. The molecular weight excluding hydrogens is 298 g/mol. The van der Waals surface area contributed by atoms with Gasteiger partial charge in [0, 0.05) is 37.8 Å². The average Bonchev–Trinajstić information content (AvgIpc) is 3.03. The van der Waals surface area contributed by atoms with Crippen molar-refractivity contribution < 1.29 is 4.79 Å². The molecule has 0 amide bonds. The van der Waals surface area contributed by atoms with Crippen LogP contribution < -0.4 is 0 Å². The van der Waals surface area contributed by atoms with Gasteiger partial charge in [0.25, 0.3) is 0 Å². The summed E-state index contributed by atoms with van der Waals surface area (Å²) in [5.41, 5.74) is 1.12. The van der Waals surface area contributed by atoms with Crippen LogP contribution in [-0.4, -0.2) is 33.3 Å². The normalized spacial score (nSPS) is 18.6. The van der Waals surface area contributed by atoms with Crippen LogP contribution in [-0.2, 0) is 24.3 Å². The molecule has 4 heteroatoms. The summed E-state index contributed by atoms with van der Waals surface area (Å²) in [6, 6.07) is 10.1. The summed E-state index contributed by atoms with van der Waals surface area (Å²) in [6.07, 6.45) is 7.73. The van der Waals surface area contributed by atoms with Crippen LogP contribution in [0.5, 0.6) is 0 Å². The maximum atomic E-state index is 12.6. The Morgan fingerprint density at radius 2 is 2.12 bits per heavy atom. The number of imidazole rings is 1. The summed E-state index contributed by atoms with van der Waals surface area (Å²) in [4.78, 5) is 19.5. The largest absolute Gasteiger partial charge is 0.334 e. The molecule has 1 aliphatic heterocycles. The third-order valence-electron chi connectivity index (χ3n) is 4.81. The molecule has 0 unspecified atom stereocenters. The first-order chi connectivity index (χ1) is 11.8. The molecular formula is C20H27N3O. The third-order valence-corrected chi connectivity index (χ3v) is 4.81. The Bertz CT molecular complexity index is 650. The van der Waals surface area contributed by atoms with E-state index in [1.807, 2.05) is 36.5 Å². The van der Waals surface area contributed by atoms with Gasteiger partial charge in [0.05, 0.1) is 6.54 Å². The zero-order chi connectivity index (χ0) is 16.8. The van der Waals surface area contributed by atoms with E-state index in [1.54, 1.807) is 0 Å². The van der Waals surface area contributed by atoms with Crippen molar-refractivity contribution in [3.05, 3.63) is 54.1 Å². The van der Waals surface area contributed by atoms with Gasteiger partial charge in [0.1, 0.15) is 11.6 Å². The van der Waals surface area contributed by atoms with Crippen LogP contribution in [0.1, 0.15) is 37.6 Å². The fourth-order valence-corrected chi connectivity index (χ4v) is 3.54. The zero-order valence-corrected chi connectivity index (χ0v) is 14.5. The lowest BCUT2D eigenvalue weighted by Gasteiger charge is -2.31. The van der Waals surface area contributed by atoms with Crippen LogP contribution in [0.4, 0.5) is 0 Å². The van der Waals surface area contributed by atoms with Crippen LogP contribution in [0.3, 0.4) is 0 Å². The molecule has 3 rings (SSSR count). The van der Waals surface area contributed by atoms with E-state index in [-0.39, 0.29) is 5.92 Å². The molecule has 1 fully saturated rings. The van der Waals surface area contributed by atoms with Gasteiger partial charge < -0.3 is 4.57 Å². The number of aromatic nitrogens is 2. The second-order valence-electron chi connectivity index (χ2n) is 6.74. The first-order valence-corrected chi connectivity index (χ1v) is 9.05. The molecule has 128 valence electrons. The van der Waals surface area contributed by atoms with Gasteiger partial charge in [-0.3, -0.25) is 9.69 Å². The van der Waals surface area contributed by atoms with E-state index in [0.29, 0.717) is 12.2 Å². The van der Waals surface area contributed by atoms with Crippen molar-refractivity contribution in [1.29, 1.82) is 0 Å².